The molecule has 1 unspecified atom stereocenters. The topological polar surface area (TPSA) is 32.7 Å². The third kappa shape index (κ3) is 6.99. The lowest BCUT2D eigenvalue weighted by molar-refractivity contribution is -0.145. The highest BCUT2D eigenvalue weighted by Gasteiger charge is 2.30. The van der Waals surface area contributed by atoms with Gasteiger partial charge in [0.15, 0.2) is 0 Å². The number of halogens is 6. The molecule has 0 amide bonds. The maximum atomic E-state index is 12.3. The largest absolute Gasteiger partial charge is 0.491 e. The van der Waals surface area contributed by atoms with Crippen molar-refractivity contribution in [3.63, 3.8) is 0 Å². The second-order valence-corrected chi connectivity index (χ2v) is 4.80. The van der Waals surface area contributed by atoms with E-state index in [0.29, 0.717) is 0 Å². The predicted octanol–water partition coefficient (Wildman–Crippen LogP) is 2.94. The average molecular weight is 331 g/mol. The van der Waals surface area contributed by atoms with Crippen LogP contribution in [0.4, 0.5) is 26.3 Å². The van der Waals surface area contributed by atoms with Gasteiger partial charge in [-0.2, -0.15) is 26.3 Å². The molecular formula is C13H15F6NO2. The molecule has 126 valence electrons. The third-order valence-electron chi connectivity index (χ3n) is 2.60. The van der Waals surface area contributed by atoms with Crippen LogP contribution in [0.1, 0.15) is 5.56 Å². The van der Waals surface area contributed by atoms with E-state index in [0.717, 1.165) is 29.2 Å². The minimum atomic E-state index is -4.46. The van der Waals surface area contributed by atoms with Gasteiger partial charge in [-0.1, -0.05) is 0 Å². The lowest BCUT2D eigenvalue weighted by atomic mass is 10.2. The second-order valence-electron chi connectivity index (χ2n) is 4.80. The number of benzene rings is 1. The Morgan fingerprint density at radius 3 is 2.09 bits per heavy atom. The van der Waals surface area contributed by atoms with Gasteiger partial charge in [-0.3, -0.25) is 4.90 Å². The molecule has 1 rings (SSSR count). The molecule has 0 spiro atoms. The van der Waals surface area contributed by atoms with Crippen LogP contribution in [0.5, 0.6) is 5.75 Å². The molecule has 0 bridgehead atoms. The van der Waals surface area contributed by atoms with Gasteiger partial charge in [0, 0.05) is 6.54 Å². The Labute approximate surface area is 123 Å². The van der Waals surface area contributed by atoms with Crippen LogP contribution in [-0.4, -0.2) is 49.0 Å². The smallest absolute Gasteiger partial charge is 0.416 e. The molecule has 9 heteroatoms. The molecule has 0 heterocycles. The summed E-state index contributed by atoms with van der Waals surface area (Å²) in [7, 11) is 1.19. The normalized spacial score (nSPS) is 14.2. The molecule has 0 aliphatic rings. The van der Waals surface area contributed by atoms with Crippen molar-refractivity contribution in [1.29, 1.82) is 0 Å². The molecule has 22 heavy (non-hydrogen) atoms. The van der Waals surface area contributed by atoms with Crippen LogP contribution in [0.2, 0.25) is 0 Å². The van der Waals surface area contributed by atoms with Gasteiger partial charge in [0.2, 0.25) is 0 Å². The predicted molar refractivity (Wildman–Crippen MR) is 66.5 cm³/mol. The Bertz CT molecular complexity index is 457. The molecule has 0 aliphatic carbocycles. The molecular weight excluding hydrogens is 316 g/mol. The number of likely N-dealkylation sites (N-methyl/N-ethyl adjacent to an activating group) is 1. The first-order valence-electron chi connectivity index (χ1n) is 6.21. The first-order valence-corrected chi connectivity index (χ1v) is 6.21. The van der Waals surface area contributed by atoms with Crippen LogP contribution in [0.25, 0.3) is 0 Å². The summed E-state index contributed by atoms with van der Waals surface area (Å²) >= 11 is 0. The Morgan fingerprint density at radius 2 is 1.64 bits per heavy atom. The lowest BCUT2D eigenvalue weighted by Gasteiger charge is -2.21. The maximum Gasteiger partial charge on any atom is 0.416 e. The van der Waals surface area contributed by atoms with Gasteiger partial charge in [-0.15, -0.1) is 0 Å². The molecule has 0 saturated carbocycles. The molecule has 1 N–H and O–H groups in total. The van der Waals surface area contributed by atoms with Crippen molar-refractivity contribution in [1.82, 2.24) is 4.90 Å². The van der Waals surface area contributed by atoms with Crippen molar-refractivity contribution in [3.05, 3.63) is 29.8 Å². The number of nitrogens with zero attached hydrogens (tertiary/aromatic N) is 1. The first kappa shape index (κ1) is 18.6. The van der Waals surface area contributed by atoms with E-state index < -0.39 is 30.6 Å². The van der Waals surface area contributed by atoms with E-state index in [1.54, 1.807) is 0 Å². The van der Waals surface area contributed by atoms with Crippen LogP contribution in [0.15, 0.2) is 24.3 Å². The number of rotatable bonds is 6. The fourth-order valence-corrected chi connectivity index (χ4v) is 1.72. The summed E-state index contributed by atoms with van der Waals surface area (Å²) in [5.41, 5.74) is -0.842. The molecule has 1 aromatic carbocycles. The van der Waals surface area contributed by atoms with E-state index in [1.165, 1.54) is 7.05 Å². The van der Waals surface area contributed by atoms with E-state index >= 15 is 0 Å². The van der Waals surface area contributed by atoms with Gasteiger partial charge in [0.25, 0.3) is 0 Å². The highest BCUT2D eigenvalue weighted by molar-refractivity contribution is 5.28. The zero-order valence-electron chi connectivity index (χ0n) is 11.6. The second kappa shape index (κ2) is 7.19. The molecule has 0 aromatic heterocycles. The van der Waals surface area contributed by atoms with E-state index in [2.05, 4.69) is 0 Å². The maximum absolute atomic E-state index is 12.3. The van der Waals surface area contributed by atoms with Crippen LogP contribution in [-0.2, 0) is 6.18 Å². The van der Waals surface area contributed by atoms with Gasteiger partial charge < -0.3 is 9.84 Å². The van der Waals surface area contributed by atoms with Crippen LogP contribution in [0, 0.1) is 0 Å². The van der Waals surface area contributed by atoms with Crippen molar-refractivity contribution in [2.75, 3.05) is 26.7 Å². The summed E-state index contributed by atoms with van der Waals surface area (Å²) < 4.78 is 78.3. The third-order valence-corrected chi connectivity index (χ3v) is 2.60. The Kier molecular flexibility index (Phi) is 6.07. The number of aliphatic hydroxyl groups excluding tert-OH is 1. The minimum absolute atomic E-state index is 0.0884. The molecule has 0 saturated heterocycles. The van der Waals surface area contributed by atoms with Crippen LogP contribution in [0.3, 0.4) is 0 Å². The van der Waals surface area contributed by atoms with E-state index in [9.17, 15) is 31.4 Å². The fourth-order valence-electron chi connectivity index (χ4n) is 1.72. The molecule has 0 fully saturated rings. The molecule has 0 aliphatic heterocycles. The fraction of sp³-hybridized carbons (Fsp3) is 0.538. The molecule has 0 radical (unpaired) electrons. The quantitative estimate of drug-likeness (QED) is 0.814. The molecule has 3 nitrogen and oxygen atoms in total. The lowest BCUT2D eigenvalue weighted by Crippen LogP contribution is -2.38. The Hall–Kier alpha value is -1.48. The van der Waals surface area contributed by atoms with Gasteiger partial charge in [0.05, 0.1) is 12.1 Å². The highest BCUT2D eigenvalue weighted by atomic mass is 19.4. The average Bonchev–Trinajstić information content (AvgIpc) is 2.33. The monoisotopic (exact) mass is 331 g/mol. The van der Waals surface area contributed by atoms with Crippen molar-refractivity contribution in [2.45, 2.75) is 18.5 Å². The zero-order chi connectivity index (χ0) is 17.0. The van der Waals surface area contributed by atoms with Gasteiger partial charge in [-0.25, -0.2) is 0 Å². The van der Waals surface area contributed by atoms with Crippen molar-refractivity contribution < 1.29 is 36.2 Å². The summed E-state index contributed by atoms with van der Waals surface area (Å²) in [5, 5.41) is 9.55. The summed E-state index contributed by atoms with van der Waals surface area (Å²) in [6.45, 7) is -1.78. The summed E-state index contributed by atoms with van der Waals surface area (Å²) in [5.74, 6) is 0.0884. The minimum Gasteiger partial charge on any atom is -0.491 e. The van der Waals surface area contributed by atoms with Gasteiger partial charge in [-0.05, 0) is 31.3 Å². The van der Waals surface area contributed by atoms with Crippen LogP contribution >= 0.6 is 0 Å². The summed E-state index contributed by atoms with van der Waals surface area (Å²) in [4.78, 5) is 0.876. The number of aliphatic hydroxyl groups is 1. The standard InChI is InChI=1S/C13H15F6NO2/c1-20(8-12(14,15)16)6-10(21)7-22-11-4-2-9(3-5-11)13(17,18)19/h2-5,10,21H,6-8H2,1H3. The van der Waals surface area contributed by atoms with E-state index in [-0.39, 0.29) is 18.9 Å². The van der Waals surface area contributed by atoms with Gasteiger partial charge in [0.1, 0.15) is 18.5 Å². The number of hydrogen-bond acceptors (Lipinski definition) is 3. The number of alkyl halides is 6. The van der Waals surface area contributed by atoms with Crippen molar-refractivity contribution >= 4 is 0 Å². The number of hydrogen-bond donors (Lipinski definition) is 1. The van der Waals surface area contributed by atoms with Gasteiger partial charge >= 0.3 is 12.4 Å². The first-order chi connectivity index (χ1) is 9.97. The van der Waals surface area contributed by atoms with E-state index in [4.69, 9.17) is 4.74 Å². The van der Waals surface area contributed by atoms with Crippen molar-refractivity contribution in [2.24, 2.45) is 0 Å². The summed E-state index contributed by atoms with van der Waals surface area (Å²) in [6, 6.07) is 3.79. The Morgan fingerprint density at radius 1 is 1.09 bits per heavy atom. The number of ether oxygens (including phenoxy) is 1. The Balaban J connectivity index is 2.42. The SMILES string of the molecule is CN(CC(O)COc1ccc(C(F)(F)F)cc1)CC(F)(F)F. The molecule has 1 aromatic rings. The molecule has 1 atom stereocenters. The highest BCUT2D eigenvalue weighted by Crippen LogP contribution is 2.30. The summed E-state index contributed by atoms with van der Waals surface area (Å²) in [6.07, 6.45) is -10.0. The van der Waals surface area contributed by atoms with E-state index in [1.807, 2.05) is 0 Å². The zero-order valence-corrected chi connectivity index (χ0v) is 11.6. The van der Waals surface area contributed by atoms with Crippen LogP contribution < -0.4 is 4.74 Å². The van der Waals surface area contributed by atoms with Crippen molar-refractivity contribution in [3.8, 4) is 5.75 Å².